The number of carbonyl (C=O) groups excluding carboxylic acids is 1. The Balaban J connectivity index is 1.39. The zero-order chi connectivity index (χ0) is 16.4. The summed E-state index contributed by atoms with van der Waals surface area (Å²) in [7, 11) is 0. The number of rotatable bonds is 4. The lowest BCUT2D eigenvalue weighted by Crippen LogP contribution is -2.44. The average molecular weight is 323 g/mol. The lowest BCUT2D eigenvalue weighted by atomic mass is 9.99. The molecule has 3 atom stereocenters. The van der Waals surface area contributed by atoms with E-state index in [9.17, 15) is 4.79 Å². The van der Waals surface area contributed by atoms with Gasteiger partial charge in [0.05, 0.1) is 18.1 Å². The number of para-hydroxylation sites is 1. The molecule has 2 aliphatic rings. The number of benzene rings is 1. The van der Waals surface area contributed by atoms with Crippen LogP contribution in [-0.4, -0.2) is 41.1 Å². The Labute approximate surface area is 141 Å². The van der Waals surface area contributed by atoms with Crippen LogP contribution in [0.3, 0.4) is 0 Å². The maximum absolute atomic E-state index is 12.6. The largest absolute Gasteiger partial charge is 0.371 e. The van der Waals surface area contributed by atoms with Gasteiger partial charge in [-0.05, 0) is 30.2 Å². The number of ether oxygens (including phenoxy) is 1. The molecule has 5 nitrogen and oxygen atoms in total. The van der Waals surface area contributed by atoms with E-state index in [0.29, 0.717) is 0 Å². The van der Waals surface area contributed by atoms with Gasteiger partial charge in [0.15, 0.2) is 0 Å². The van der Waals surface area contributed by atoms with Crippen molar-refractivity contribution < 1.29 is 9.53 Å². The average Bonchev–Trinajstić information content (AvgIpc) is 2.91. The van der Waals surface area contributed by atoms with Gasteiger partial charge in [0.25, 0.3) is 0 Å². The summed E-state index contributed by atoms with van der Waals surface area (Å²) in [5, 5.41) is 3.01. The van der Waals surface area contributed by atoms with Gasteiger partial charge in [-0.3, -0.25) is 14.7 Å². The zero-order valence-electron chi connectivity index (χ0n) is 13.5. The van der Waals surface area contributed by atoms with Crippen LogP contribution in [0.1, 0.15) is 12.0 Å². The molecule has 24 heavy (non-hydrogen) atoms. The molecule has 0 radical (unpaired) electrons. The van der Waals surface area contributed by atoms with E-state index in [0.717, 1.165) is 31.7 Å². The first-order valence-electron chi connectivity index (χ1n) is 8.40. The van der Waals surface area contributed by atoms with Gasteiger partial charge in [-0.1, -0.05) is 24.3 Å². The Kier molecular flexibility index (Phi) is 4.28. The molecule has 2 aromatic rings. The molecule has 4 rings (SSSR count). The number of aromatic nitrogens is 1. The van der Waals surface area contributed by atoms with Crippen LogP contribution in [-0.2, 0) is 16.1 Å². The van der Waals surface area contributed by atoms with Gasteiger partial charge in [0.1, 0.15) is 0 Å². The van der Waals surface area contributed by atoms with Crippen molar-refractivity contribution in [3.05, 3.63) is 60.4 Å². The maximum atomic E-state index is 12.6. The first-order valence-corrected chi connectivity index (χ1v) is 8.40. The van der Waals surface area contributed by atoms with Crippen LogP contribution >= 0.6 is 0 Å². The second-order valence-electron chi connectivity index (χ2n) is 6.55. The summed E-state index contributed by atoms with van der Waals surface area (Å²) in [6.45, 7) is 2.52. The lowest BCUT2D eigenvalue weighted by molar-refractivity contribution is -0.123. The molecule has 124 valence electrons. The van der Waals surface area contributed by atoms with Gasteiger partial charge in [-0.15, -0.1) is 0 Å². The molecule has 1 amide bonds. The number of pyridine rings is 1. The molecular formula is C19H21N3O2. The van der Waals surface area contributed by atoms with E-state index in [-0.39, 0.29) is 24.0 Å². The number of morpholine rings is 1. The fourth-order valence-electron chi connectivity index (χ4n) is 3.65. The summed E-state index contributed by atoms with van der Waals surface area (Å²) in [5.74, 6) is -0.00830. The Morgan fingerprint density at radius 1 is 1.21 bits per heavy atom. The highest BCUT2D eigenvalue weighted by Gasteiger charge is 2.44. The van der Waals surface area contributed by atoms with Gasteiger partial charge in [0, 0.05) is 37.7 Å². The maximum Gasteiger partial charge on any atom is 0.230 e. The molecule has 3 heterocycles. The molecule has 2 aliphatic heterocycles. The molecule has 0 saturated carbocycles. The molecule has 2 bridgehead atoms. The number of nitrogens with one attached hydrogen (secondary N) is 1. The van der Waals surface area contributed by atoms with Gasteiger partial charge in [-0.2, -0.15) is 0 Å². The van der Waals surface area contributed by atoms with Crippen LogP contribution in [0.25, 0.3) is 0 Å². The molecular weight excluding hydrogens is 302 g/mol. The van der Waals surface area contributed by atoms with Crippen molar-refractivity contribution in [2.45, 2.75) is 25.2 Å². The van der Waals surface area contributed by atoms with Crippen LogP contribution < -0.4 is 5.32 Å². The molecule has 2 fully saturated rings. The van der Waals surface area contributed by atoms with Crippen LogP contribution in [0.15, 0.2) is 54.9 Å². The molecule has 5 heteroatoms. The highest BCUT2D eigenvalue weighted by Crippen LogP contribution is 2.33. The summed E-state index contributed by atoms with van der Waals surface area (Å²) in [6.07, 6.45) is 4.61. The number of anilines is 1. The van der Waals surface area contributed by atoms with Crippen molar-refractivity contribution in [3.63, 3.8) is 0 Å². The van der Waals surface area contributed by atoms with Gasteiger partial charge in [-0.25, -0.2) is 0 Å². The predicted molar refractivity (Wildman–Crippen MR) is 91.4 cm³/mol. The van der Waals surface area contributed by atoms with Crippen molar-refractivity contribution in [2.75, 3.05) is 18.4 Å². The zero-order valence-corrected chi connectivity index (χ0v) is 13.5. The van der Waals surface area contributed by atoms with Gasteiger partial charge >= 0.3 is 0 Å². The van der Waals surface area contributed by atoms with Crippen LogP contribution in [0.4, 0.5) is 5.69 Å². The van der Waals surface area contributed by atoms with Crippen LogP contribution in [0.2, 0.25) is 0 Å². The third-order valence-corrected chi connectivity index (χ3v) is 4.74. The van der Waals surface area contributed by atoms with Crippen molar-refractivity contribution in [3.8, 4) is 0 Å². The number of carbonyl (C=O) groups is 1. The van der Waals surface area contributed by atoms with E-state index < -0.39 is 0 Å². The minimum atomic E-state index is -0.0749. The number of likely N-dealkylation sites (tertiary alicyclic amines) is 1. The molecule has 2 saturated heterocycles. The van der Waals surface area contributed by atoms with Crippen molar-refractivity contribution in [1.29, 1.82) is 0 Å². The fraction of sp³-hybridized carbons (Fsp3) is 0.368. The van der Waals surface area contributed by atoms with E-state index in [1.807, 2.05) is 42.6 Å². The Hall–Kier alpha value is -2.24. The van der Waals surface area contributed by atoms with Gasteiger partial charge < -0.3 is 10.1 Å². The Morgan fingerprint density at radius 3 is 2.88 bits per heavy atom. The monoisotopic (exact) mass is 323 g/mol. The summed E-state index contributed by atoms with van der Waals surface area (Å²) in [6, 6.07) is 13.7. The second-order valence-corrected chi connectivity index (χ2v) is 6.55. The number of nitrogens with zero attached hydrogens (tertiary/aromatic N) is 2. The van der Waals surface area contributed by atoms with E-state index in [2.05, 4.69) is 21.3 Å². The summed E-state index contributed by atoms with van der Waals surface area (Å²) >= 11 is 0. The molecule has 0 unspecified atom stereocenters. The van der Waals surface area contributed by atoms with Crippen molar-refractivity contribution in [2.24, 2.45) is 5.92 Å². The molecule has 1 N–H and O–H groups in total. The molecule has 1 aromatic carbocycles. The van der Waals surface area contributed by atoms with Crippen molar-refractivity contribution >= 4 is 11.6 Å². The number of hydrogen-bond acceptors (Lipinski definition) is 4. The number of fused-ring (bicyclic) bond motifs is 2. The van der Waals surface area contributed by atoms with Crippen molar-refractivity contribution in [1.82, 2.24) is 9.88 Å². The summed E-state index contributed by atoms with van der Waals surface area (Å²) in [5.41, 5.74) is 2.04. The van der Waals surface area contributed by atoms with E-state index in [1.165, 1.54) is 5.56 Å². The van der Waals surface area contributed by atoms with E-state index in [4.69, 9.17) is 4.74 Å². The summed E-state index contributed by atoms with van der Waals surface area (Å²) in [4.78, 5) is 19.1. The topological polar surface area (TPSA) is 54.5 Å². The second kappa shape index (κ2) is 6.71. The fourth-order valence-corrected chi connectivity index (χ4v) is 3.65. The molecule has 0 aliphatic carbocycles. The number of amides is 1. The standard InChI is InChI=1S/C19H21N3O2/c23-19(21-15-6-2-1-3-7-15)17-9-16-12-22(13-18(17)24-16)11-14-5-4-8-20-10-14/h1-8,10,16-18H,9,11-13H2,(H,21,23)/t16-,17+,18-/m1/s1. The van der Waals surface area contributed by atoms with Gasteiger partial charge in [0.2, 0.25) is 5.91 Å². The first-order chi connectivity index (χ1) is 11.8. The van der Waals surface area contributed by atoms with E-state index >= 15 is 0 Å². The summed E-state index contributed by atoms with van der Waals surface area (Å²) < 4.78 is 6.02. The highest BCUT2D eigenvalue weighted by molar-refractivity contribution is 5.93. The third kappa shape index (κ3) is 3.32. The number of hydrogen-bond donors (Lipinski definition) is 1. The Morgan fingerprint density at radius 2 is 2.08 bits per heavy atom. The SMILES string of the molecule is O=C(Nc1ccccc1)[C@H]1C[C@@H]2CN(Cc3cccnc3)C[C@H]1O2. The molecule has 1 aromatic heterocycles. The minimum Gasteiger partial charge on any atom is -0.371 e. The first kappa shape index (κ1) is 15.3. The normalized spacial score (nSPS) is 26.2. The predicted octanol–water partition coefficient (Wildman–Crippen LogP) is 2.31. The van der Waals surface area contributed by atoms with E-state index in [1.54, 1.807) is 6.20 Å². The van der Waals surface area contributed by atoms with Crippen LogP contribution in [0.5, 0.6) is 0 Å². The van der Waals surface area contributed by atoms with Crippen LogP contribution in [0, 0.1) is 5.92 Å². The lowest BCUT2D eigenvalue weighted by Gasteiger charge is -2.32. The molecule has 0 spiro atoms. The smallest absolute Gasteiger partial charge is 0.230 e. The highest BCUT2D eigenvalue weighted by atomic mass is 16.5. The minimum absolute atomic E-state index is 0.0240. The Bertz CT molecular complexity index is 692. The quantitative estimate of drug-likeness (QED) is 0.938. The third-order valence-electron chi connectivity index (χ3n) is 4.74.